The third-order valence-corrected chi connectivity index (χ3v) is 8.06. The second kappa shape index (κ2) is 8.76. The van der Waals surface area contributed by atoms with Crippen molar-refractivity contribution in [3.63, 3.8) is 0 Å². The Morgan fingerprint density at radius 2 is 1.97 bits per heavy atom. The van der Waals surface area contributed by atoms with Crippen LogP contribution in [0.3, 0.4) is 0 Å². The number of hydrogen-bond donors (Lipinski definition) is 3. The van der Waals surface area contributed by atoms with Crippen molar-refractivity contribution in [3.05, 3.63) is 35.1 Å². The minimum atomic E-state index is -1.75. The number of phenolic OH excluding ortho intramolecular Hbond substituents is 1. The van der Waals surface area contributed by atoms with Crippen LogP contribution in [0.25, 0.3) is 0 Å². The molecule has 11 nitrogen and oxygen atoms in total. The average Bonchev–Trinajstić information content (AvgIpc) is 3.16. The lowest BCUT2D eigenvalue weighted by Gasteiger charge is -2.59. The molecule has 1 fully saturated rings. The van der Waals surface area contributed by atoms with Gasteiger partial charge in [0.05, 0.1) is 17.4 Å². The van der Waals surface area contributed by atoms with E-state index >= 15 is 0 Å². The first-order valence-electron chi connectivity index (χ1n) is 12.2. The van der Waals surface area contributed by atoms with E-state index in [1.54, 1.807) is 12.1 Å². The molecular formula is C26H28O11. The molecule has 198 valence electrons. The molecule has 2 bridgehead atoms. The SMILES string of the molecule is CC(=O)O[C@@H](CC(=O)O[C@@H](C)C(=O)OC1=CC[C@]2(O)[C@H]3CCC[C@]24c2c(ccc(O)c2O[C@H]14)C3)C(=O)O. The average molecular weight is 516 g/mol. The van der Waals surface area contributed by atoms with Crippen molar-refractivity contribution in [3.8, 4) is 11.5 Å². The second-order valence-electron chi connectivity index (χ2n) is 10.1. The molecule has 3 N–H and O–H groups in total. The summed E-state index contributed by atoms with van der Waals surface area (Å²) in [4.78, 5) is 47.4. The van der Waals surface area contributed by atoms with Crippen molar-refractivity contribution in [1.29, 1.82) is 0 Å². The number of carboxylic acids is 1. The molecule has 0 unspecified atom stereocenters. The maximum atomic E-state index is 12.9. The van der Waals surface area contributed by atoms with Crippen LogP contribution in [0.2, 0.25) is 0 Å². The van der Waals surface area contributed by atoms with E-state index in [-0.39, 0.29) is 29.6 Å². The summed E-state index contributed by atoms with van der Waals surface area (Å²) in [6, 6.07) is 3.42. The number of aliphatic carboxylic acids is 1. The summed E-state index contributed by atoms with van der Waals surface area (Å²) in [5.74, 6) is -4.01. The number of carbonyl (C=O) groups excluding carboxylic acids is 3. The Kier molecular flexibility index (Phi) is 5.93. The number of ether oxygens (including phenoxy) is 4. The van der Waals surface area contributed by atoms with Gasteiger partial charge in [-0.2, -0.15) is 0 Å². The Morgan fingerprint density at radius 3 is 2.68 bits per heavy atom. The van der Waals surface area contributed by atoms with E-state index in [1.165, 1.54) is 6.92 Å². The molecule has 11 heteroatoms. The van der Waals surface area contributed by atoms with E-state index < -0.39 is 59.6 Å². The smallest absolute Gasteiger partial charge is 0.352 e. The Labute approximate surface area is 212 Å². The predicted molar refractivity (Wildman–Crippen MR) is 122 cm³/mol. The van der Waals surface area contributed by atoms with Gasteiger partial charge in [0, 0.05) is 12.5 Å². The second-order valence-corrected chi connectivity index (χ2v) is 10.1. The highest BCUT2D eigenvalue weighted by molar-refractivity contribution is 5.85. The van der Waals surface area contributed by atoms with Gasteiger partial charge in [0.15, 0.2) is 23.7 Å². The minimum absolute atomic E-state index is 0.0110. The highest BCUT2D eigenvalue weighted by Gasteiger charge is 2.70. The molecule has 1 heterocycles. The number of benzene rings is 1. The Morgan fingerprint density at radius 1 is 1.22 bits per heavy atom. The van der Waals surface area contributed by atoms with Crippen LogP contribution in [-0.2, 0) is 45.2 Å². The van der Waals surface area contributed by atoms with Gasteiger partial charge in [-0.15, -0.1) is 0 Å². The molecule has 3 aliphatic carbocycles. The lowest BCUT2D eigenvalue weighted by Crippen LogP contribution is -2.67. The van der Waals surface area contributed by atoms with Crippen LogP contribution >= 0.6 is 0 Å². The number of rotatable bonds is 7. The largest absolute Gasteiger partial charge is 0.504 e. The zero-order valence-electron chi connectivity index (χ0n) is 20.4. The number of aliphatic hydroxyl groups is 1. The van der Waals surface area contributed by atoms with Crippen LogP contribution in [0, 0.1) is 5.92 Å². The highest BCUT2D eigenvalue weighted by Crippen LogP contribution is 2.67. The molecule has 1 aliphatic heterocycles. The van der Waals surface area contributed by atoms with Crippen LogP contribution in [0.15, 0.2) is 24.0 Å². The minimum Gasteiger partial charge on any atom is -0.504 e. The van der Waals surface area contributed by atoms with Gasteiger partial charge in [-0.25, -0.2) is 9.59 Å². The third-order valence-electron chi connectivity index (χ3n) is 8.06. The van der Waals surface area contributed by atoms with Crippen LogP contribution in [0.1, 0.15) is 57.1 Å². The van der Waals surface area contributed by atoms with Crippen molar-refractivity contribution < 1.29 is 53.4 Å². The summed E-state index contributed by atoms with van der Waals surface area (Å²) < 4.78 is 21.4. The molecule has 0 saturated heterocycles. The topological polar surface area (TPSA) is 166 Å². The number of hydrogen-bond acceptors (Lipinski definition) is 10. The van der Waals surface area contributed by atoms with E-state index in [0.29, 0.717) is 12.8 Å². The summed E-state index contributed by atoms with van der Waals surface area (Å²) in [6.07, 6.45) is -0.0171. The number of phenols is 1. The van der Waals surface area contributed by atoms with Gasteiger partial charge in [-0.05, 0) is 56.2 Å². The van der Waals surface area contributed by atoms with Gasteiger partial charge >= 0.3 is 23.9 Å². The first-order valence-corrected chi connectivity index (χ1v) is 12.2. The summed E-state index contributed by atoms with van der Waals surface area (Å²) in [5, 5.41) is 31.6. The van der Waals surface area contributed by atoms with E-state index in [1.807, 2.05) is 6.07 Å². The maximum Gasteiger partial charge on any atom is 0.352 e. The molecule has 37 heavy (non-hydrogen) atoms. The third kappa shape index (κ3) is 3.75. The van der Waals surface area contributed by atoms with Crippen molar-refractivity contribution in [2.24, 2.45) is 5.92 Å². The van der Waals surface area contributed by atoms with Crippen molar-refractivity contribution in [1.82, 2.24) is 0 Å². The van der Waals surface area contributed by atoms with Gasteiger partial charge in [-0.1, -0.05) is 12.5 Å². The molecule has 5 rings (SSSR count). The first kappa shape index (κ1) is 25.1. The van der Waals surface area contributed by atoms with E-state index in [9.17, 15) is 29.4 Å². The van der Waals surface area contributed by atoms with Gasteiger partial charge in [0.2, 0.25) is 6.10 Å². The molecule has 4 aliphatic rings. The van der Waals surface area contributed by atoms with Gasteiger partial charge in [-0.3, -0.25) is 9.59 Å². The lowest BCUT2D eigenvalue weighted by molar-refractivity contribution is -0.175. The predicted octanol–water partition coefficient (Wildman–Crippen LogP) is 1.65. The quantitative estimate of drug-likeness (QED) is 0.356. The van der Waals surface area contributed by atoms with Gasteiger partial charge in [0.25, 0.3) is 0 Å². The Bertz CT molecular complexity index is 1220. The number of carboxylic acid groups (broad SMARTS) is 1. The molecule has 0 amide bonds. The number of aromatic hydroxyl groups is 1. The highest BCUT2D eigenvalue weighted by atomic mass is 16.6. The molecule has 1 aromatic rings. The Balaban J connectivity index is 1.35. The van der Waals surface area contributed by atoms with Crippen LogP contribution < -0.4 is 4.74 Å². The monoisotopic (exact) mass is 516 g/mol. The summed E-state index contributed by atoms with van der Waals surface area (Å²) in [7, 11) is 0. The zero-order valence-corrected chi connectivity index (χ0v) is 20.4. The van der Waals surface area contributed by atoms with Crippen LogP contribution in [0.5, 0.6) is 11.5 Å². The summed E-state index contributed by atoms with van der Waals surface area (Å²) in [6.45, 7) is 2.28. The van der Waals surface area contributed by atoms with Crippen LogP contribution in [0.4, 0.5) is 0 Å². The van der Waals surface area contributed by atoms with E-state index in [2.05, 4.69) is 4.74 Å². The molecule has 1 spiro atoms. The number of esters is 3. The fourth-order valence-corrected chi connectivity index (χ4v) is 6.55. The fourth-order valence-electron chi connectivity index (χ4n) is 6.55. The lowest BCUT2D eigenvalue weighted by atomic mass is 9.47. The maximum absolute atomic E-state index is 12.9. The molecule has 6 atom stereocenters. The van der Waals surface area contributed by atoms with Crippen molar-refractivity contribution in [2.45, 2.75) is 81.7 Å². The van der Waals surface area contributed by atoms with Gasteiger partial charge < -0.3 is 34.3 Å². The molecule has 0 aromatic heterocycles. The van der Waals surface area contributed by atoms with Crippen molar-refractivity contribution in [2.75, 3.05) is 0 Å². The van der Waals surface area contributed by atoms with Gasteiger partial charge in [0.1, 0.15) is 5.76 Å². The number of carbonyl (C=O) groups is 4. The first-order chi connectivity index (χ1) is 17.5. The van der Waals surface area contributed by atoms with E-state index in [4.69, 9.17) is 19.3 Å². The molecule has 0 radical (unpaired) electrons. The zero-order chi connectivity index (χ0) is 26.7. The summed E-state index contributed by atoms with van der Waals surface area (Å²) in [5.41, 5.74) is -0.249. The standard InChI is InChI=1S/C26H28O11/c1-12(34-19(29)11-18(23(30)31)35-13(2)27)24(32)36-17-7-9-26(33)15-4-3-8-25(26)20-14(10-15)5-6-16(28)21(20)37-22(17)25/h5-7,12,15,18,22,28,33H,3-4,8-11H2,1-2H3,(H,30,31)/t12-,15-,18-,22+,25+,26-/m0/s1. The van der Waals surface area contributed by atoms with Crippen molar-refractivity contribution >= 4 is 23.9 Å². The molecule has 1 saturated carbocycles. The summed E-state index contributed by atoms with van der Waals surface area (Å²) >= 11 is 0. The van der Waals surface area contributed by atoms with E-state index in [0.717, 1.165) is 30.9 Å². The molecule has 1 aromatic carbocycles. The van der Waals surface area contributed by atoms with Crippen LogP contribution in [-0.4, -0.2) is 63.1 Å². The normalized spacial score (nSPS) is 30.1. The Hall–Kier alpha value is -3.60. The molecular weight excluding hydrogens is 488 g/mol. The fraction of sp³-hybridized carbons (Fsp3) is 0.538.